The molecule has 3 atom stereocenters. The van der Waals surface area contributed by atoms with E-state index >= 15 is 0 Å². The number of nitrogens with one attached hydrogen (secondary N) is 2. The van der Waals surface area contributed by atoms with Gasteiger partial charge in [0.05, 0.1) is 12.0 Å². The normalized spacial score (nSPS) is 24.2. The number of carbonyl (C=O) groups excluding carboxylic acids is 1. The van der Waals surface area contributed by atoms with Gasteiger partial charge in [0.25, 0.3) is 0 Å². The molecular weight excluding hydrogens is 250 g/mol. The van der Waals surface area contributed by atoms with Crippen LogP contribution in [0.1, 0.15) is 25.7 Å². The number of carboxylic acids is 1. The molecule has 0 spiro atoms. The Morgan fingerprint density at radius 2 is 2.32 bits per heavy atom. The van der Waals surface area contributed by atoms with Crippen molar-refractivity contribution in [1.29, 1.82) is 0 Å². The van der Waals surface area contributed by atoms with Crippen LogP contribution >= 0.6 is 0 Å². The number of urea groups is 1. The van der Waals surface area contributed by atoms with E-state index in [2.05, 4.69) is 20.5 Å². The SMILES string of the molecule is CC(NC(=O)N1C[C@@H](C)[C@H](C(=O)O)C1)c1ncn[nH]1. The predicted molar refractivity (Wildman–Crippen MR) is 65.2 cm³/mol. The number of H-pyrrole nitrogens is 1. The van der Waals surface area contributed by atoms with Crippen molar-refractivity contribution in [3.63, 3.8) is 0 Å². The number of amides is 2. The quantitative estimate of drug-likeness (QED) is 0.725. The minimum atomic E-state index is -0.855. The lowest BCUT2D eigenvalue weighted by molar-refractivity contribution is -0.142. The molecule has 0 aliphatic carbocycles. The summed E-state index contributed by atoms with van der Waals surface area (Å²) in [5.41, 5.74) is 0. The van der Waals surface area contributed by atoms with Crippen LogP contribution in [0.5, 0.6) is 0 Å². The lowest BCUT2D eigenvalue weighted by Gasteiger charge is -2.19. The molecule has 1 fully saturated rings. The zero-order chi connectivity index (χ0) is 14.0. The second-order valence-corrected chi connectivity index (χ2v) is 4.87. The zero-order valence-corrected chi connectivity index (χ0v) is 10.8. The van der Waals surface area contributed by atoms with Gasteiger partial charge in [0.15, 0.2) is 0 Å². The van der Waals surface area contributed by atoms with E-state index in [1.807, 2.05) is 6.92 Å². The number of rotatable bonds is 3. The molecule has 1 aromatic rings. The Kier molecular flexibility index (Phi) is 3.68. The number of likely N-dealkylation sites (tertiary alicyclic amines) is 1. The van der Waals surface area contributed by atoms with Gasteiger partial charge >= 0.3 is 12.0 Å². The van der Waals surface area contributed by atoms with Crippen LogP contribution in [0.3, 0.4) is 0 Å². The molecular formula is C11H17N5O3. The molecule has 104 valence electrons. The van der Waals surface area contributed by atoms with E-state index in [9.17, 15) is 9.59 Å². The van der Waals surface area contributed by atoms with Gasteiger partial charge < -0.3 is 15.3 Å². The highest BCUT2D eigenvalue weighted by molar-refractivity contribution is 5.77. The summed E-state index contributed by atoms with van der Waals surface area (Å²) in [5.74, 6) is -0.823. The van der Waals surface area contributed by atoms with Crippen molar-refractivity contribution in [2.75, 3.05) is 13.1 Å². The van der Waals surface area contributed by atoms with Crippen molar-refractivity contribution in [2.24, 2.45) is 11.8 Å². The Morgan fingerprint density at radius 1 is 1.58 bits per heavy atom. The van der Waals surface area contributed by atoms with Crippen LogP contribution in [0.25, 0.3) is 0 Å². The fourth-order valence-electron chi connectivity index (χ4n) is 2.22. The molecule has 1 unspecified atom stereocenters. The molecule has 2 rings (SSSR count). The van der Waals surface area contributed by atoms with Gasteiger partial charge in [-0.2, -0.15) is 5.10 Å². The summed E-state index contributed by atoms with van der Waals surface area (Å²) in [6.07, 6.45) is 1.37. The minimum Gasteiger partial charge on any atom is -0.481 e. The second-order valence-electron chi connectivity index (χ2n) is 4.87. The predicted octanol–water partition coefficient (Wildman–Crippen LogP) is 0.228. The third kappa shape index (κ3) is 2.83. The van der Waals surface area contributed by atoms with Crippen LogP contribution in [0, 0.1) is 11.8 Å². The molecule has 2 amide bonds. The number of hydrogen-bond donors (Lipinski definition) is 3. The standard InChI is InChI=1S/C11H17N5O3/c1-6-3-16(4-8(6)10(17)18)11(19)14-7(2)9-12-5-13-15-9/h5-8H,3-4H2,1-2H3,(H,14,19)(H,17,18)(H,12,13,15)/t6-,7?,8-/m1/s1. The molecule has 0 saturated carbocycles. The Hall–Kier alpha value is -2.12. The molecule has 2 heterocycles. The molecule has 3 N–H and O–H groups in total. The molecule has 0 bridgehead atoms. The number of hydrogen-bond acceptors (Lipinski definition) is 4. The molecule has 1 aliphatic heterocycles. The minimum absolute atomic E-state index is 0.0381. The maximum Gasteiger partial charge on any atom is 0.318 e. The van der Waals surface area contributed by atoms with Crippen LogP contribution in [-0.4, -0.2) is 50.3 Å². The number of aromatic nitrogens is 3. The van der Waals surface area contributed by atoms with Gasteiger partial charge in [-0.15, -0.1) is 0 Å². The summed E-state index contributed by atoms with van der Waals surface area (Å²) < 4.78 is 0. The topological polar surface area (TPSA) is 111 Å². The maximum absolute atomic E-state index is 12.0. The summed E-state index contributed by atoms with van der Waals surface area (Å²) in [7, 11) is 0. The highest BCUT2D eigenvalue weighted by atomic mass is 16.4. The Morgan fingerprint density at radius 3 is 2.84 bits per heavy atom. The average molecular weight is 267 g/mol. The van der Waals surface area contributed by atoms with Crippen LogP contribution in [-0.2, 0) is 4.79 Å². The van der Waals surface area contributed by atoms with Gasteiger partial charge in [-0.3, -0.25) is 9.89 Å². The van der Waals surface area contributed by atoms with E-state index < -0.39 is 11.9 Å². The fourth-order valence-corrected chi connectivity index (χ4v) is 2.22. The lowest BCUT2D eigenvalue weighted by Crippen LogP contribution is -2.40. The number of carboxylic acid groups (broad SMARTS) is 1. The van der Waals surface area contributed by atoms with Crippen molar-refractivity contribution in [3.05, 3.63) is 12.2 Å². The first-order valence-electron chi connectivity index (χ1n) is 6.12. The monoisotopic (exact) mass is 267 g/mol. The molecule has 0 radical (unpaired) electrons. The molecule has 19 heavy (non-hydrogen) atoms. The lowest BCUT2D eigenvalue weighted by atomic mass is 9.99. The summed E-state index contributed by atoms with van der Waals surface area (Å²) in [5, 5.41) is 18.2. The smallest absolute Gasteiger partial charge is 0.318 e. The highest BCUT2D eigenvalue weighted by Crippen LogP contribution is 2.23. The van der Waals surface area contributed by atoms with Gasteiger partial charge in [-0.25, -0.2) is 9.78 Å². The molecule has 0 aromatic carbocycles. The molecule has 8 nitrogen and oxygen atoms in total. The molecule has 8 heteroatoms. The van der Waals surface area contributed by atoms with Gasteiger partial charge in [0.2, 0.25) is 0 Å². The van der Waals surface area contributed by atoms with Crippen molar-refractivity contribution in [3.8, 4) is 0 Å². The maximum atomic E-state index is 12.0. The number of nitrogens with zero attached hydrogens (tertiary/aromatic N) is 3. The van der Waals surface area contributed by atoms with Crippen molar-refractivity contribution < 1.29 is 14.7 Å². The Labute approximate surface area is 110 Å². The third-order valence-electron chi connectivity index (χ3n) is 3.40. The first kappa shape index (κ1) is 13.3. The van der Waals surface area contributed by atoms with E-state index in [4.69, 9.17) is 5.11 Å². The van der Waals surface area contributed by atoms with E-state index in [1.54, 1.807) is 6.92 Å². The molecule has 1 saturated heterocycles. The van der Waals surface area contributed by atoms with Crippen LogP contribution in [0.2, 0.25) is 0 Å². The Bertz CT molecular complexity index is 461. The van der Waals surface area contributed by atoms with Gasteiger partial charge in [-0.1, -0.05) is 6.92 Å². The van der Waals surface area contributed by atoms with E-state index in [1.165, 1.54) is 11.2 Å². The third-order valence-corrected chi connectivity index (χ3v) is 3.40. The number of aliphatic carboxylic acids is 1. The summed E-state index contributed by atoms with van der Waals surface area (Å²) in [6, 6.07) is -0.575. The van der Waals surface area contributed by atoms with Crippen molar-refractivity contribution in [2.45, 2.75) is 19.9 Å². The summed E-state index contributed by atoms with van der Waals surface area (Å²) in [4.78, 5) is 28.5. The van der Waals surface area contributed by atoms with E-state index in [-0.39, 0.29) is 24.5 Å². The average Bonchev–Trinajstić information content (AvgIpc) is 2.96. The zero-order valence-electron chi connectivity index (χ0n) is 10.8. The first-order chi connectivity index (χ1) is 8.99. The summed E-state index contributed by atoms with van der Waals surface area (Å²) >= 11 is 0. The number of carbonyl (C=O) groups is 2. The first-order valence-corrected chi connectivity index (χ1v) is 6.12. The van der Waals surface area contributed by atoms with Gasteiger partial charge in [0, 0.05) is 13.1 Å². The van der Waals surface area contributed by atoms with E-state index in [0.29, 0.717) is 12.4 Å². The fraction of sp³-hybridized carbons (Fsp3) is 0.636. The highest BCUT2D eigenvalue weighted by Gasteiger charge is 2.37. The van der Waals surface area contributed by atoms with Crippen molar-refractivity contribution in [1.82, 2.24) is 25.4 Å². The van der Waals surface area contributed by atoms with Crippen LogP contribution in [0.15, 0.2) is 6.33 Å². The Balaban J connectivity index is 1.93. The molecule has 1 aromatic heterocycles. The van der Waals surface area contributed by atoms with Crippen LogP contribution < -0.4 is 5.32 Å². The van der Waals surface area contributed by atoms with E-state index in [0.717, 1.165) is 0 Å². The number of aromatic amines is 1. The van der Waals surface area contributed by atoms with Crippen molar-refractivity contribution >= 4 is 12.0 Å². The second kappa shape index (κ2) is 5.25. The summed E-state index contributed by atoms with van der Waals surface area (Å²) in [6.45, 7) is 4.32. The van der Waals surface area contributed by atoms with Gasteiger partial charge in [-0.05, 0) is 12.8 Å². The largest absolute Gasteiger partial charge is 0.481 e. The van der Waals surface area contributed by atoms with Gasteiger partial charge in [0.1, 0.15) is 12.2 Å². The van der Waals surface area contributed by atoms with Crippen LogP contribution in [0.4, 0.5) is 4.79 Å². The molecule has 1 aliphatic rings.